The van der Waals surface area contributed by atoms with Gasteiger partial charge >= 0.3 is 0 Å². The molecule has 0 atom stereocenters. The van der Waals surface area contributed by atoms with Gasteiger partial charge in [-0.2, -0.15) is 5.10 Å². The molecule has 0 bridgehead atoms. The van der Waals surface area contributed by atoms with E-state index in [1.807, 2.05) is 32.0 Å². The average molecular weight is 483 g/mol. The van der Waals surface area contributed by atoms with Crippen LogP contribution in [-0.4, -0.2) is 15.7 Å². The van der Waals surface area contributed by atoms with Crippen LogP contribution in [0.15, 0.2) is 60.8 Å². The molecule has 0 aliphatic rings. The second kappa shape index (κ2) is 10.0. The molecule has 3 aromatic carbocycles. The van der Waals surface area contributed by atoms with Gasteiger partial charge in [0.25, 0.3) is 5.91 Å². The Morgan fingerprint density at radius 3 is 2.26 bits per heavy atom. The number of carbonyl (C=O) groups is 1. The third kappa shape index (κ3) is 5.51. The van der Waals surface area contributed by atoms with Gasteiger partial charge in [-0.3, -0.25) is 9.48 Å². The molecule has 4 aromatic rings. The maximum atomic E-state index is 13.9. The van der Waals surface area contributed by atoms with E-state index in [1.165, 1.54) is 17.8 Å². The number of halogens is 4. The van der Waals surface area contributed by atoms with Gasteiger partial charge < -0.3 is 10.1 Å². The lowest BCUT2D eigenvalue weighted by Crippen LogP contribution is -2.13. The van der Waals surface area contributed by atoms with Crippen LogP contribution in [0, 0.1) is 37.1 Å². The van der Waals surface area contributed by atoms with E-state index in [0.29, 0.717) is 12.2 Å². The Labute approximate surface area is 199 Å². The van der Waals surface area contributed by atoms with Crippen LogP contribution < -0.4 is 10.1 Å². The number of aryl methyl sites for hydroxylation is 2. The summed E-state index contributed by atoms with van der Waals surface area (Å²) < 4.78 is 61.4. The Morgan fingerprint density at radius 2 is 1.60 bits per heavy atom. The van der Waals surface area contributed by atoms with Crippen molar-refractivity contribution in [3.05, 3.63) is 112 Å². The number of nitrogens with zero attached hydrogens (tertiary/aromatic N) is 2. The van der Waals surface area contributed by atoms with E-state index in [0.717, 1.165) is 21.6 Å². The Hall–Kier alpha value is -4.14. The molecule has 180 valence electrons. The average Bonchev–Trinajstić information content (AvgIpc) is 3.28. The molecule has 0 unspecified atom stereocenters. The van der Waals surface area contributed by atoms with Crippen molar-refractivity contribution in [3.8, 4) is 5.75 Å². The topological polar surface area (TPSA) is 56.1 Å². The van der Waals surface area contributed by atoms with Crippen LogP contribution in [0.2, 0.25) is 0 Å². The minimum atomic E-state index is -1.50. The quantitative estimate of drug-likeness (QED) is 0.262. The Kier molecular flexibility index (Phi) is 6.86. The summed E-state index contributed by atoms with van der Waals surface area (Å²) in [6, 6.07) is 14.2. The number of nitrogens with one attached hydrogen (secondary N) is 1. The molecule has 1 N–H and O–H groups in total. The molecule has 1 heterocycles. The fourth-order valence-electron chi connectivity index (χ4n) is 3.35. The number of amides is 1. The normalized spacial score (nSPS) is 10.9. The largest absolute Gasteiger partial charge is 0.489 e. The second-order valence-corrected chi connectivity index (χ2v) is 8.03. The molecule has 0 fully saturated rings. The highest BCUT2D eigenvalue weighted by atomic mass is 19.2. The molecular formula is C26H21F4N3O2. The summed E-state index contributed by atoms with van der Waals surface area (Å²) in [4.78, 5) is 12.5. The van der Waals surface area contributed by atoms with Crippen LogP contribution in [0.5, 0.6) is 5.75 Å². The lowest BCUT2D eigenvalue weighted by molar-refractivity contribution is 0.102. The third-order valence-corrected chi connectivity index (χ3v) is 5.51. The van der Waals surface area contributed by atoms with Crippen molar-refractivity contribution in [2.24, 2.45) is 0 Å². The third-order valence-electron chi connectivity index (χ3n) is 5.51. The molecule has 5 nitrogen and oxygen atoms in total. The molecule has 0 spiro atoms. The smallest absolute Gasteiger partial charge is 0.256 e. The van der Waals surface area contributed by atoms with Gasteiger partial charge in [-0.1, -0.05) is 18.2 Å². The van der Waals surface area contributed by atoms with Crippen molar-refractivity contribution in [2.45, 2.75) is 27.0 Å². The van der Waals surface area contributed by atoms with Crippen LogP contribution in [0.1, 0.15) is 32.6 Å². The van der Waals surface area contributed by atoms with E-state index >= 15 is 0 Å². The highest BCUT2D eigenvalue weighted by molar-refractivity contribution is 6.03. The van der Waals surface area contributed by atoms with Crippen molar-refractivity contribution in [1.29, 1.82) is 0 Å². The minimum Gasteiger partial charge on any atom is -0.489 e. The van der Waals surface area contributed by atoms with Gasteiger partial charge in [0.15, 0.2) is 29.1 Å². The summed E-state index contributed by atoms with van der Waals surface area (Å²) in [7, 11) is 0. The molecule has 35 heavy (non-hydrogen) atoms. The number of hydrogen-bond donors (Lipinski definition) is 1. The number of ether oxygens (including phenoxy) is 1. The van der Waals surface area contributed by atoms with E-state index in [4.69, 9.17) is 4.74 Å². The first kappa shape index (κ1) is 24.0. The zero-order valence-corrected chi connectivity index (χ0v) is 18.9. The Morgan fingerprint density at radius 1 is 0.914 bits per heavy atom. The van der Waals surface area contributed by atoms with Gasteiger partial charge in [-0.15, -0.1) is 0 Å². The summed E-state index contributed by atoms with van der Waals surface area (Å²) in [5.41, 5.74) is 2.74. The van der Waals surface area contributed by atoms with Crippen LogP contribution in [-0.2, 0) is 13.2 Å². The van der Waals surface area contributed by atoms with Crippen LogP contribution in [0.3, 0.4) is 0 Å². The van der Waals surface area contributed by atoms with Crippen molar-refractivity contribution in [1.82, 2.24) is 9.78 Å². The second-order valence-electron chi connectivity index (χ2n) is 8.03. The maximum absolute atomic E-state index is 13.9. The van der Waals surface area contributed by atoms with E-state index in [-0.39, 0.29) is 11.9 Å². The van der Waals surface area contributed by atoms with Gasteiger partial charge in [0.05, 0.1) is 12.1 Å². The first-order chi connectivity index (χ1) is 16.7. The highest BCUT2D eigenvalue weighted by Crippen LogP contribution is 2.21. The van der Waals surface area contributed by atoms with E-state index in [1.54, 1.807) is 24.3 Å². The first-order valence-electron chi connectivity index (χ1n) is 10.7. The van der Waals surface area contributed by atoms with Crippen molar-refractivity contribution >= 4 is 11.7 Å². The van der Waals surface area contributed by atoms with Gasteiger partial charge in [-0.25, -0.2) is 17.6 Å². The number of rotatable bonds is 7. The summed E-state index contributed by atoms with van der Waals surface area (Å²) in [6.07, 6.45) is 1.32. The Bertz CT molecular complexity index is 1360. The van der Waals surface area contributed by atoms with Gasteiger partial charge in [0.1, 0.15) is 12.4 Å². The SMILES string of the molecule is Cc1ccc(OCc2ccc(C(=O)Nc3ccn(Cc4c(F)c(F)cc(F)c4F)n3)cc2)cc1C. The lowest BCUT2D eigenvalue weighted by Gasteiger charge is -2.09. The summed E-state index contributed by atoms with van der Waals surface area (Å²) >= 11 is 0. The van der Waals surface area contributed by atoms with Gasteiger partial charge in [0, 0.05) is 23.9 Å². The molecule has 0 saturated carbocycles. The first-order valence-corrected chi connectivity index (χ1v) is 10.7. The standard InChI is InChI=1S/C26H21F4N3O2/c1-15-3-8-19(11-16(15)2)35-14-17-4-6-18(7-5-17)26(34)31-23-9-10-33(32-23)13-20-24(29)21(27)12-22(28)25(20)30/h3-12H,13-14H2,1-2H3,(H,31,32,34). The van der Waals surface area contributed by atoms with Crippen LogP contribution in [0.25, 0.3) is 0 Å². The van der Waals surface area contributed by atoms with Crippen molar-refractivity contribution < 1.29 is 27.1 Å². The molecular weight excluding hydrogens is 462 g/mol. The lowest BCUT2D eigenvalue weighted by atomic mass is 10.1. The summed E-state index contributed by atoms with van der Waals surface area (Å²) in [6.45, 7) is 3.81. The predicted molar refractivity (Wildman–Crippen MR) is 122 cm³/mol. The monoisotopic (exact) mass is 483 g/mol. The van der Waals surface area contributed by atoms with Gasteiger partial charge in [0.2, 0.25) is 0 Å². The predicted octanol–water partition coefficient (Wildman–Crippen LogP) is 5.94. The number of hydrogen-bond acceptors (Lipinski definition) is 3. The molecule has 0 aliphatic heterocycles. The Balaban J connectivity index is 1.37. The highest BCUT2D eigenvalue weighted by Gasteiger charge is 2.20. The van der Waals surface area contributed by atoms with Crippen molar-refractivity contribution in [2.75, 3.05) is 5.32 Å². The molecule has 0 saturated heterocycles. The molecule has 9 heteroatoms. The zero-order chi connectivity index (χ0) is 25.1. The van der Waals surface area contributed by atoms with Crippen LogP contribution in [0.4, 0.5) is 23.4 Å². The molecule has 4 rings (SSSR count). The van der Waals surface area contributed by atoms with E-state index in [2.05, 4.69) is 10.4 Å². The molecule has 1 aromatic heterocycles. The number of benzene rings is 3. The minimum absolute atomic E-state index is 0.106. The molecule has 1 amide bonds. The summed E-state index contributed by atoms with van der Waals surface area (Å²) in [5, 5.41) is 6.56. The molecule has 0 radical (unpaired) electrons. The maximum Gasteiger partial charge on any atom is 0.256 e. The van der Waals surface area contributed by atoms with Gasteiger partial charge in [-0.05, 0) is 54.8 Å². The van der Waals surface area contributed by atoms with E-state index in [9.17, 15) is 22.4 Å². The zero-order valence-electron chi connectivity index (χ0n) is 18.9. The number of anilines is 1. The van der Waals surface area contributed by atoms with Crippen LogP contribution >= 0.6 is 0 Å². The number of aromatic nitrogens is 2. The number of carbonyl (C=O) groups excluding carboxylic acids is 1. The van der Waals surface area contributed by atoms with Crippen molar-refractivity contribution in [3.63, 3.8) is 0 Å². The van der Waals surface area contributed by atoms with E-state index < -0.39 is 41.3 Å². The molecule has 0 aliphatic carbocycles. The fourth-order valence-corrected chi connectivity index (χ4v) is 3.35. The summed E-state index contributed by atoms with van der Waals surface area (Å²) in [5.74, 6) is -5.57. The fraction of sp³-hybridized carbons (Fsp3) is 0.154.